The lowest BCUT2D eigenvalue weighted by molar-refractivity contribution is -0.114. The molecule has 86 valence electrons. The van der Waals surface area contributed by atoms with Gasteiger partial charge in [-0.15, -0.1) is 0 Å². The van der Waals surface area contributed by atoms with Crippen LogP contribution in [0.3, 0.4) is 0 Å². The maximum absolute atomic E-state index is 11.1. The van der Waals surface area contributed by atoms with E-state index in [1.807, 2.05) is 0 Å². The van der Waals surface area contributed by atoms with Crippen LogP contribution in [0.5, 0.6) is 0 Å². The minimum atomic E-state index is -1.07. The van der Waals surface area contributed by atoms with Gasteiger partial charge < -0.3 is 10.4 Å². The zero-order valence-electron chi connectivity index (χ0n) is 9.10. The van der Waals surface area contributed by atoms with E-state index in [1.165, 1.54) is 19.2 Å². The number of fused-ring (bicyclic) bond motifs is 1. The van der Waals surface area contributed by atoms with Crippen molar-refractivity contribution >= 4 is 28.5 Å². The molecular formula is C12H10N2O3. The van der Waals surface area contributed by atoms with E-state index in [0.29, 0.717) is 16.6 Å². The zero-order valence-corrected chi connectivity index (χ0v) is 9.10. The first-order valence-corrected chi connectivity index (χ1v) is 4.97. The second-order valence-corrected chi connectivity index (χ2v) is 3.59. The topological polar surface area (TPSA) is 79.3 Å². The molecule has 5 nitrogen and oxygen atoms in total. The van der Waals surface area contributed by atoms with Crippen molar-refractivity contribution in [2.45, 2.75) is 6.92 Å². The lowest BCUT2D eigenvalue weighted by Crippen LogP contribution is -2.07. The standard InChI is InChI=1S/C12H10N2O3/c1-7(15)14-9-5-8-3-2-4-13-11(8)10(6-9)12(16)17/h2-6H,1H3,(H,14,15)(H,16,17). The van der Waals surface area contributed by atoms with Crippen molar-refractivity contribution in [3.05, 3.63) is 36.0 Å². The number of benzene rings is 1. The van der Waals surface area contributed by atoms with Gasteiger partial charge in [0, 0.05) is 24.2 Å². The fourth-order valence-electron chi connectivity index (χ4n) is 1.63. The number of anilines is 1. The first kappa shape index (κ1) is 11.1. The van der Waals surface area contributed by atoms with Crippen LogP contribution < -0.4 is 5.32 Å². The SMILES string of the molecule is CC(=O)Nc1cc(C(=O)O)c2ncccc2c1. The van der Waals surface area contributed by atoms with Gasteiger partial charge in [0.1, 0.15) is 0 Å². The Bertz CT molecular complexity index is 608. The second kappa shape index (κ2) is 4.21. The predicted molar refractivity (Wildman–Crippen MR) is 63.0 cm³/mol. The fourth-order valence-corrected chi connectivity index (χ4v) is 1.63. The molecule has 0 unspecified atom stereocenters. The number of carbonyl (C=O) groups excluding carboxylic acids is 1. The van der Waals surface area contributed by atoms with Crippen LogP contribution in [0.4, 0.5) is 5.69 Å². The average Bonchev–Trinajstić information content (AvgIpc) is 2.27. The van der Waals surface area contributed by atoms with Gasteiger partial charge in [0.15, 0.2) is 0 Å². The summed E-state index contributed by atoms with van der Waals surface area (Å²) in [6.45, 7) is 1.37. The number of pyridine rings is 1. The van der Waals surface area contributed by atoms with Crippen LogP contribution in [0.1, 0.15) is 17.3 Å². The Morgan fingerprint density at radius 3 is 2.76 bits per heavy atom. The quantitative estimate of drug-likeness (QED) is 0.825. The van der Waals surface area contributed by atoms with Crippen LogP contribution in [0.2, 0.25) is 0 Å². The number of nitrogens with zero attached hydrogens (tertiary/aromatic N) is 1. The largest absolute Gasteiger partial charge is 0.478 e. The Morgan fingerprint density at radius 2 is 2.12 bits per heavy atom. The molecule has 1 heterocycles. The number of aromatic carboxylic acids is 1. The van der Waals surface area contributed by atoms with Gasteiger partial charge in [-0.25, -0.2) is 4.79 Å². The van der Waals surface area contributed by atoms with Gasteiger partial charge in [0.2, 0.25) is 5.91 Å². The van der Waals surface area contributed by atoms with Gasteiger partial charge >= 0.3 is 5.97 Å². The molecule has 2 N–H and O–H groups in total. The number of aromatic nitrogens is 1. The molecule has 0 saturated heterocycles. The molecular weight excluding hydrogens is 220 g/mol. The number of carboxylic acid groups (broad SMARTS) is 1. The summed E-state index contributed by atoms with van der Waals surface area (Å²) in [7, 11) is 0. The number of carbonyl (C=O) groups is 2. The molecule has 1 aromatic heterocycles. The number of hydrogen-bond acceptors (Lipinski definition) is 3. The first-order chi connectivity index (χ1) is 8.08. The molecule has 0 spiro atoms. The molecule has 0 aliphatic rings. The van der Waals surface area contributed by atoms with E-state index >= 15 is 0 Å². The number of carboxylic acids is 1. The van der Waals surface area contributed by atoms with Crippen LogP contribution in [-0.2, 0) is 4.79 Å². The summed E-state index contributed by atoms with van der Waals surface area (Å²) in [6, 6.07) is 6.56. The highest BCUT2D eigenvalue weighted by atomic mass is 16.4. The summed E-state index contributed by atoms with van der Waals surface area (Å²) in [6.07, 6.45) is 1.53. The molecule has 0 fully saturated rings. The average molecular weight is 230 g/mol. The monoisotopic (exact) mass is 230 g/mol. The normalized spacial score (nSPS) is 10.2. The molecule has 17 heavy (non-hydrogen) atoms. The Balaban J connectivity index is 2.67. The Morgan fingerprint density at radius 1 is 1.35 bits per heavy atom. The highest BCUT2D eigenvalue weighted by Crippen LogP contribution is 2.22. The molecule has 5 heteroatoms. The summed E-state index contributed by atoms with van der Waals surface area (Å²) in [5, 5.41) is 12.3. The van der Waals surface area contributed by atoms with Gasteiger partial charge in [-0.05, 0) is 18.2 Å². The highest BCUT2D eigenvalue weighted by Gasteiger charge is 2.11. The first-order valence-electron chi connectivity index (χ1n) is 4.97. The van der Waals surface area contributed by atoms with E-state index in [2.05, 4.69) is 10.3 Å². The maximum Gasteiger partial charge on any atom is 0.337 e. The molecule has 0 radical (unpaired) electrons. The molecule has 2 rings (SSSR count). The summed E-state index contributed by atoms with van der Waals surface area (Å²) in [4.78, 5) is 26.1. The minimum absolute atomic E-state index is 0.0758. The minimum Gasteiger partial charge on any atom is -0.478 e. The summed E-state index contributed by atoms with van der Waals surface area (Å²) >= 11 is 0. The molecule has 0 saturated carbocycles. The van der Waals surface area contributed by atoms with Crippen LogP contribution in [-0.4, -0.2) is 22.0 Å². The number of amides is 1. The third-order valence-corrected chi connectivity index (χ3v) is 2.26. The molecule has 1 aromatic carbocycles. The molecule has 0 atom stereocenters. The van der Waals surface area contributed by atoms with Crippen molar-refractivity contribution in [1.82, 2.24) is 4.98 Å². The Labute approximate surface area is 97.1 Å². The maximum atomic E-state index is 11.1. The van der Waals surface area contributed by atoms with Crippen molar-refractivity contribution in [1.29, 1.82) is 0 Å². The fraction of sp³-hybridized carbons (Fsp3) is 0.0833. The molecule has 2 aromatic rings. The smallest absolute Gasteiger partial charge is 0.337 e. The van der Waals surface area contributed by atoms with E-state index in [-0.39, 0.29) is 11.5 Å². The van der Waals surface area contributed by atoms with Crippen LogP contribution in [0.25, 0.3) is 10.9 Å². The van der Waals surface area contributed by atoms with Crippen molar-refractivity contribution < 1.29 is 14.7 Å². The lowest BCUT2D eigenvalue weighted by Gasteiger charge is -2.06. The predicted octanol–water partition coefficient (Wildman–Crippen LogP) is 1.89. The number of rotatable bonds is 2. The van der Waals surface area contributed by atoms with Gasteiger partial charge in [-0.3, -0.25) is 9.78 Å². The van der Waals surface area contributed by atoms with Crippen molar-refractivity contribution in [2.24, 2.45) is 0 Å². The number of hydrogen-bond donors (Lipinski definition) is 2. The van der Waals surface area contributed by atoms with E-state index in [1.54, 1.807) is 18.2 Å². The van der Waals surface area contributed by atoms with Crippen LogP contribution in [0.15, 0.2) is 30.5 Å². The van der Waals surface area contributed by atoms with Gasteiger partial charge in [-0.2, -0.15) is 0 Å². The Kier molecular flexibility index (Phi) is 2.74. The lowest BCUT2D eigenvalue weighted by atomic mass is 10.1. The van der Waals surface area contributed by atoms with E-state index in [9.17, 15) is 9.59 Å². The molecule has 0 aliphatic heterocycles. The van der Waals surface area contributed by atoms with Crippen LogP contribution >= 0.6 is 0 Å². The molecule has 0 bridgehead atoms. The molecule has 1 amide bonds. The second-order valence-electron chi connectivity index (χ2n) is 3.59. The van der Waals surface area contributed by atoms with E-state index in [0.717, 1.165) is 0 Å². The van der Waals surface area contributed by atoms with E-state index in [4.69, 9.17) is 5.11 Å². The van der Waals surface area contributed by atoms with Crippen molar-refractivity contribution in [3.63, 3.8) is 0 Å². The number of nitrogens with one attached hydrogen (secondary N) is 1. The summed E-state index contributed by atoms with van der Waals surface area (Å²) in [5.41, 5.74) is 0.941. The molecule has 0 aliphatic carbocycles. The zero-order chi connectivity index (χ0) is 12.4. The summed E-state index contributed by atoms with van der Waals surface area (Å²) in [5.74, 6) is -1.31. The summed E-state index contributed by atoms with van der Waals surface area (Å²) < 4.78 is 0. The van der Waals surface area contributed by atoms with Crippen molar-refractivity contribution in [2.75, 3.05) is 5.32 Å². The van der Waals surface area contributed by atoms with Crippen LogP contribution in [0, 0.1) is 0 Å². The highest BCUT2D eigenvalue weighted by molar-refractivity contribution is 6.04. The van der Waals surface area contributed by atoms with Gasteiger partial charge in [-0.1, -0.05) is 6.07 Å². The van der Waals surface area contributed by atoms with E-state index < -0.39 is 5.97 Å². The van der Waals surface area contributed by atoms with Gasteiger partial charge in [0.25, 0.3) is 0 Å². The third-order valence-electron chi connectivity index (χ3n) is 2.26. The van der Waals surface area contributed by atoms with Crippen molar-refractivity contribution in [3.8, 4) is 0 Å². The van der Waals surface area contributed by atoms with Gasteiger partial charge in [0.05, 0.1) is 11.1 Å². The third kappa shape index (κ3) is 2.23. The Hall–Kier alpha value is -2.43.